The molecule has 1 heterocycles. The predicted molar refractivity (Wildman–Crippen MR) is 68.3 cm³/mol. The molecular formula is C14H21NO2. The van der Waals surface area contributed by atoms with E-state index in [1.165, 1.54) is 0 Å². The molecule has 0 amide bonds. The zero-order chi connectivity index (χ0) is 12.9. The summed E-state index contributed by atoms with van der Waals surface area (Å²) in [5, 5.41) is 0. The summed E-state index contributed by atoms with van der Waals surface area (Å²) in [5.41, 5.74) is 1.38. The zero-order valence-corrected chi connectivity index (χ0v) is 11.1. The first-order valence-electron chi connectivity index (χ1n) is 6.02. The van der Waals surface area contributed by atoms with Crippen LogP contribution in [0.3, 0.4) is 0 Å². The van der Waals surface area contributed by atoms with Crippen molar-refractivity contribution >= 4 is 5.78 Å². The van der Waals surface area contributed by atoms with E-state index >= 15 is 0 Å². The zero-order valence-electron chi connectivity index (χ0n) is 11.1. The minimum absolute atomic E-state index is 0.104. The lowest BCUT2D eigenvalue weighted by atomic mass is 9.97. The largest absolute Gasteiger partial charge is 0.379 e. The Kier molecular flexibility index (Phi) is 4.82. The van der Waals surface area contributed by atoms with Gasteiger partial charge in [-0.1, -0.05) is 13.0 Å². The lowest BCUT2D eigenvalue weighted by Crippen LogP contribution is -2.23. The van der Waals surface area contributed by atoms with Crippen molar-refractivity contribution in [3.8, 4) is 0 Å². The van der Waals surface area contributed by atoms with E-state index in [-0.39, 0.29) is 11.4 Å². The van der Waals surface area contributed by atoms with Crippen LogP contribution in [-0.2, 0) is 11.2 Å². The monoisotopic (exact) mass is 235 g/mol. The molecule has 3 nitrogen and oxygen atoms in total. The molecule has 1 aromatic rings. The van der Waals surface area contributed by atoms with Gasteiger partial charge in [-0.15, -0.1) is 0 Å². The molecule has 0 radical (unpaired) electrons. The maximum Gasteiger partial charge on any atom is 0.181 e. The molecule has 0 bridgehead atoms. The van der Waals surface area contributed by atoms with Crippen LogP contribution in [0.15, 0.2) is 18.3 Å². The van der Waals surface area contributed by atoms with Gasteiger partial charge in [0.05, 0.1) is 5.60 Å². The molecule has 0 saturated heterocycles. The van der Waals surface area contributed by atoms with Crippen molar-refractivity contribution in [2.45, 2.75) is 45.6 Å². The second kappa shape index (κ2) is 5.92. The fraction of sp³-hybridized carbons (Fsp3) is 0.571. The first-order valence-corrected chi connectivity index (χ1v) is 6.02. The van der Waals surface area contributed by atoms with Crippen LogP contribution in [0.5, 0.6) is 0 Å². The molecule has 0 saturated carbocycles. The van der Waals surface area contributed by atoms with Gasteiger partial charge < -0.3 is 4.74 Å². The summed E-state index contributed by atoms with van der Waals surface area (Å²) in [4.78, 5) is 16.3. The summed E-state index contributed by atoms with van der Waals surface area (Å²) in [7, 11) is 1.67. The van der Waals surface area contributed by atoms with Crippen LogP contribution < -0.4 is 0 Å². The fourth-order valence-electron chi connectivity index (χ4n) is 1.61. The molecule has 3 heteroatoms. The Morgan fingerprint density at radius 1 is 1.47 bits per heavy atom. The Morgan fingerprint density at radius 2 is 2.18 bits per heavy atom. The SMILES string of the molecule is CCc1cccnc1C(=O)CCC(C)(C)OC. The molecule has 1 aromatic heterocycles. The number of carbonyl (C=O) groups is 1. The van der Waals surface area contributed by atoms with Crippen LogP contribution in [-0.4, -0.2) is 23.5 Å². The van der Waals surface area contributed by atoms with Gasteiger partial charge in [-0.25, -0.2) is 0 Å². The molecule has 0 spiro atoms. The third kappa shape index (κ3) is 3.93. The molecule has 0 atom stereocenters. The summed E-state index contributed by atoms with van der Waals surface area (Å²) in [6.07, 6.45) is 3.70. The standard InChI is InChI=1S/C14H21NO2/c1-5-11-7-6-10-15-13(11)12(16)8-9-14(2,3)17-4/h6-7,10H,5,8-9H2,1-4H3. The van der Waals surface area contributed by atoms with Crippen molar-refractivity contribution in [2.75, 3.05) is 7.11 Å². The molecule has 0 aliphatic heterocycles. The van der Waals surface area contributed by atoms with Crippen LogP contribution in [0.1, 0.15) is 49.7 Å². The van der Waals surface area contributed by atoms with Gasteiger partial charge >= 0.3 is 0 Å². The van der Waals surface area contributed by atoms with Crippen LogP contribution in [0.4, 0.5) is 0 Å². The molecule has 17 heavy (non-hydrogen) atoms. The number of pyridine rings is 1. The molecule has 0 aliphatic carbocycles. The van der Waals surface area contributed by atoms with E-state index < -0.39 is 0 Å². The fourth-order valence-corrected chi connectivity index (χ4v) is 1.61. The highest BCUT2D eigenvalue weighted by Crippen LogP contribution is 2.18. The number of rotatable bonds is 6. The molecule has 1 rings (SSSR count). The Bertz CT molecular complexity index is 386. The Hall–Kier alpha value is -1.22. The minimum atomic E-state index is -0.253. The van der Waals surface area contributed by atoms with E-state index in [0.29, 0.717) is 18.5 Å². The van der Waals surface area contributed by atoms with E-state index in [1.807, 2.05) is 32.9 Å². The van der Waals surface area contributed by atoms with Crippen LogP contribution in [0.2, 0.25) is 0 Å². The summed E-state index contributed by atoms with van der Waals surface area (Å²) in [6.45, 7) is 6.01. The number of hydrogen-bond donors (Lipinski definition) is 0. The van der Waals surface area contributed by atoms with Gasteiger partial charge in [0, 0.05) is 19.7 Å². The van der Waals surface area contributed by atoms with Crippen molar-refractivity contribution in [1.29, 1.82) is 0 Å². The lowest BCUT2D eigenvalue weighted by molar-refractivity contribution is 0.0141. The minimum Gasteiger partial charge on any atom is -0.379 e. The first kappa shape index (κ1) is 13.8. The number of nitrogens with zero attached hydrogens (tertiary/aromatic N) is 1. The molecule has 0 fully saturated rings. The van der Waals surface area contributed by atoms with Gasteiger partial charge in [0.2, 0.25) is 0 Å². The third-order valence-electron chi connectivity index (χ3n) is 3.04. The van der Waals surface area contributed by atoms with Gasteiger partial charge in [0.25, 0.3) is 0 Å². The summed E-state index contributed by atoms with van der Waals surface area (Å²) >= 11 is 0. The first-order chi connectivity index (χ1) is 8.00. The van der Waals surface area contributed by atoms with E-state index in [0.717, 1.165) is 12.0 Å². The Morgan fingerprint density at radius 3 is 2.76 bits per heavy atom. The summed E-state index contributed by atoms with van der Waals surface area (Å²) in [6, 6.07) is 3.83. The number of aromatic nitrogens is 1. The van der Waals surface area contributed by atoms with Crippen molar-refractivity contribution in [1.82, 2.24) is 4.98 Å². The van der Waals surface area contributed by atoms with Crippen molar-refractivity contribution in [2.24, 2.45) is 0 Å². The second-order valence-electron chi connectivity index (χ2n) is 4.75. The molecular weight excluding hydrogens is 214 g/mol. The van der Waals surface area contributed by atoms with Crippen molar-refractivity contribution in [3.63, 3.8) is 0 Å². The van der Waals surface area contributed by atoms with Gasteiger partial charge in [0.15, 0.2) is 5.78 Å². The highest BCUT2D eigenvalue weighted by Gasteiger charge is 2.20. The Balaban J connectivity index is 2.70. The van der Waals surface area contributed by atoms with E-state index in [9.17, 15) is 4.79 Å². The number of carbonyl (C=O) groups excluding carboxylic acids is 1. The lowest BCUT2D eigenvalue weighted by Gasteiger charge is -2.22. The third-order valence-corrected chi connectivity index (χ3v) is 3.04. The van der Waals surface area contributed by atoms with Crippen LogP contribution >= 0.6 is 0 Å². The topological polar surface area (TPSA) is 39.2 Å². The molecule has 0 aliphatic rings. The van der Waals surface area contributed by atoms with E-state index in [2.05, 4.69) is 4.98 Å². The number of hydrogen-bond acceptors (Lipinski definition) is 3. The highest BCUT2D eigenvalue weighted by molar-refractivity contribution is 5.95. The number of methoxy groups -OCH3 is 1. The van der Waals surface area contributed by atoms with Gasteiger partial charge in [-0.2, -0.15) is 0 Å². The van der Waals surface area contributed by atoms with E-state index in [1.54, 1.807) is 13.3 Å². The Labute approximate surface area is 103 Å². The molecule has 0 aromatic carbocycles. The van der Waals surface area contributed by atoms with Crippen molar-refractivity contribution < 1.29 is 9.53 Å². The summed E-state index contributed by atoms with van der Waals surface area (Å²) in [5.74, 6) is 0.104. The van der Waals surface area contributed by atoms with E-state index in [4.69, 9.17) is 4.74 Å². The predicted octanol–water partition coefficient (Wildman–Crippen LogP) is 3.03. The smallest absolute Gasteiger partial charge is 0.181 e. The average Bonchev–Trinajstić information content (AvgIpc) is 2.36. The highest BCUT2D eigenvalue weighted by atomic mass is 16.5. The van der Waals surface area contributed by atoms with Crippen molar-refractivity contribution in [3.05, 3.63) is 29.6 Å². The maximum absolute atomic E-state index is 12.1. The average molecular weight is 235 g/mol. The number of ketones is 1. The number of ether oxygens (including phenoxy) is 1. The molecule has 94 valence electrons. The maximum atomic E-state index is 12.1. The summed E-state index contributed by atoms with van der Waals surface area (Å²) < 4.78 is 5.31. The van der Waals surface area contributed by atoms with Gasteiger partial charge in [-0.3, -0.25) is 9.78 Å². The van der Waals surface area contributed by atoms with Crippen LogP contribution in [0, 0.1) is 0 Å². The van der Waals surface area contributed by atoms with Gasteiger partial charge in [0.1, 0.15) is 5.69 Å². The van der Waals surface area contributed by atoms with Crippen LogP contribution in [0.25, 0.3) is 0 Å². The molecule has 0 unspecified atom stereocenters. The normalized spacial score (nSPS) is 11.5. The molecule has 0 N–H and O–H groups in total. The number of Topliss-reactive ketones (excluding diaryl/α,β-unsaturated/α-hetero) is 1. The second-order valence-corrected chi connectivity index (χ2v) is 4.75. The quantitative estimate of drug-likeness (QED) is 0.711. The number of aryl methyl sites for hydroxylation is 1. The van der Waals surface area contributed by atoms with Gasteiger partial charge in [-0.05, 0) is 38.3 Å².